The molecule has 3 atom stereocenters. The number of hydrogen-bond donors (Lipinski definition) is 1. The lowest BCUT2D eigenvalue weighted by Crippen LogP contribution is -2.47. The fourth-order valence-corrected chi connectivity index (χ4v) is 7.86. The van der Waals surface area contributed by atoms with Crippen molar-refractivity contribution in [1.29, 1.82) is 0 Å². The second-order valence-corrected chi connectivity index (χ2v) is 20.4. The summed E-state index contributed by atoms with van der Waals surface area (Å²) < 4.78 is 30.1. The molecule has 0 bridgehead atoms. The quantitative estimate of drug-likeness (QED) is 0.0212. The number of likely N-dealkylation sites (N-methyl/N-ethyl adjacent to an activating group) is 1. The minimum Gasteiger partial charge on any atom is -0.756 e. The van der Waals surface area contributed by atoms with Gasteiger partial charge in [0.15, 0.2) is 0 Å². The number of quaternary nitrogens is 1. The van der Waals surface area contributed by atoms with Crippen molar-refractivity contribution in [2.45, 2.75) is 232 Å². The fourth-order valence-electron chi connectivity index (χ4n) is 7.14. The molecule has 0 saturated carbocycles. The molecule has 382 valence electrons. The summed E-state index contributed by atoms with van der Waals surface area (Å²) in [6, 6.07) is -0.920. The summed E-state index contributed by atoms with van der Waals surface area (Å²) in [5, 5.41) is 2.97. The normalized spacial score (nSPS) is 14.5. The number of unbranched alkanes of at least 4 members (excludes halogenated alkanes) is 21. The van der Waals surface area contributed by atoms with Crippen molar-refractivity contribution >= 4 is 19.7 Å². The lowest BCUT2D eigenvalue weighted by atomic mass is 10.1. The number of nitrogens with one attached hydrogen (secondary N) is 1. The van der Waals surface area contributed by atoms with E-state index in [2.05, 4.69) is 86.8 Å². The van der Waals surface area contributed by atoms with Gasteiger partial charge in [0.25, 0.3) is 7.82 Å². The van der Waals surface area contributed by atoms with Crippen molar-refractivity contribution < 1.29 is 37.3 Å². The molecular formula is C56H101N2O7P. The molecule has 10 heteroatoms. The van der Waals surface area contributed by atoms with Crippen LogP contribution in [-0.2, 0) is 27.9 Å². The number of hydrogen-bond acceptors (Lipinski definition) is 7. The molecule has 3 unspecified atom stereocenters. The van der Waals surface area contributed by atoms with Gasteiger partial charge >= 0.3 is 5.97 Å². The van der Waals surface area contributed by atoms with Gasteiger partial charge in [-0.2, -0.15) is 0 Å². The molecule has 0 saturated heterocycles. The third kappa shape index (κ3) is 46.6. The number of phosphoric acid groups is 1. The summed E-state index contributed by atoms with van der Waals surface area (Å²) in [6.45, 7) is 6.70. The van der Waals surface area contributed by atoms with Crippen LogP contribution in [0.2, 0.25) is 0 Å². The van der Waals surface area contributed by atoms with Gasteiger partial charge in [0, 0.05) is 12.8 Å². The number of carbonyl (C=O) groups excluding carboxylic acids is 2. The van der Waals surface area contributed by atoms with Crippen LogP contribution in [0.3, 0.4) is 0 Å². The SMILES string of the molecule is CCCC/C=C\CCCCCCCC(=O)OC(/C=C\CCCCCCCCCCCC)C(COP(=O)([O-])OCC[N+](C)(C)C)NC(=O)CCC/C=C\C/C=C\C/C=C\C/C=C\CCCCC. The van der Waals surface area contributed by atoms with Crippen LogP contribution in [0, 0.1) is 0 Å². The van der Waals surface area contributed by atoms with E-state index >= 15 is 0 Å². The van der Waals surface area contributed by atoms with Crippen LogP contribution >= 0.6 is 7.82 Å². The number of rotatable bonds is 47. The van der Waals surface area contributed by atoms with Gasteiger partial charge in [0.2, 0.25) is 5.91 Å². The lowest BCUT2D eigenvalue weighted by Gasteiger charge is -2.30. The van der Waals surface area contributed by atoms with Crippen LogP contribution in [-0.4, -0.2) is 69.4 Å². The maximum absolute atomic E-state index is 13.4. The predicted molar refractivity (Wildman–Crippen MR) is 279 cm³/mol. The van der Waals surface area contributed by atoms with Crippen LogP contribution in [0.25, 0.3) is 0 Å². The summed E-state index contributed by atoms with van der Waals surface area (Å²) in [5.41, 5.74) is 0. The number of esters is 1. The average Bonchev–Trinajstić information content (AvgIpc) is 3.27. The van der Waals surface area contributed by atoms with E-state index in [9.17, 15) is 19.0 Å². The molecular weight excluding hydrogens is 844 g/mol. The van der Waals surface area contributed by atoms with E-state index in [1.165, 1.54) is 89.9 Å². The Hall–Kier alpha value is -2.55. The number of amides is 1. The Labute approximate surface area is 406 Å². The highest BCUT2D eigenvalue weighted by molar-refractivity contribution is 7.45. The lowest BCUT2D eigenvalue weighted by molar-refractivity contribution is -0.870. The first-order chi connectivity index (χ1) is 31.9. The molecule has 66 heavy (non-hydrogen) atoms. The van der Waals surface area contributed by atoms with Gasteiger partial charge in [-0.1, -0.05) is 190 Å². The van der Waals surface area contributed by atoms with Crippen LogP contribution in [0.5, 0.6) is 0 Å². The first-order valence-electron chi connectivity index (χ1n) is 26.7. The Morgan fingerprint density at radius 1 is 0.530 bits per heavy atom. The van der Waals surface area contributed by atoms with Gasteiger partial charge < -0.3 is 28.5 Å². The molecule has 0 rings (SSSR count). The van der Waals surface area contributed by atoms with E-state index in [1.807, 2.05) is 27.2 Å². The van der Waals surface area contributed by atoms with Crippen molar-refractivity contribution in [1.82, 2.24) is 5.32 Å². The molecule has 0 aromatic carbocycles. The van der Waals surface area contributed by atoms with Gasteiger partial charge in [-0.05, 0) is 89.5 Å². The average molecular weight is 945 g/mol. The van der Waals surface area contributed by atoms with Gasteiger partial charge in [-0.3, -0.25) is 14.2 Å². The topological polar surface area (TPSA) is 114 Å². The number of ether oxygens (including phenoxy) is 1. The molecule has 0 radical (unpaired) electrons. The highest BCUT2D eigenvalue weighted by atomic mass is 31.2. The summed E-state index contributed by atoms with van der Waals surface area (Å²) in [6.07, 6.45) is 57.3. The Kier molecular flexibility index (Phi) is 44.4. The number of nitrogens with zero attached hydrogens (tertiary/aromatic N) is 1. The molecule has 1 amide bonds. The number of phosphoric ester groups is 1. The van der Waals surface area contributed by atoms with Crippen LogP contribution in [0.1, 0.15) is 220 Å². The van der Waals surface area contributed by atoms with E-state index in [-0.39, 0.29) is 31.3 Å². The molecule has 9 nitrogen and oxygen atoms in total. The van der Waals surface area contributed by atoms with Crippen LogP contribution < -0.4 is 10.2 Å². The molecule has 0 aliphatic carbocycles. The third-order valence-corrected chi connectivity index (χ3v) is 12.3. The molecule has 0 aromatic rings. The van der Waals surface area contributed by atoms with E-state index in [0.717, 1.165) is 83.5 Å². The molecule has 1 N–H and O–H groups in total. The Balaban J connectivity index is 5.51. The standard InChI is InChI=1S/C56H101N2O7P/c1-7-10-13-16-19-22-25-27-28-29-30-31-34-36-39-42-45-48-55(59)57-53(52-64-66(61,62)63-51-50-58(4,5)6)54(47-44-41-38-35-33-26-23-20-17-14-11-8-2)65-56(60)49-46-43-40-37-32-24-21-18-15-12-9-3/h18-19,21-22,27-28,30-31,36,39,44,47,53-54H,7-17,20,23-26,29,32-35,37-38,40-43,45-46,48-52H2,1-6H3,(H-,57,59,61,62)/b21-18-,22-19-,28-27-,31-30-,39-36-,47-44-. The zero-order chi connectivity index (χ0) is 48.7. The summed E-state index contributed by atoms with van der Waals surface area (Å²) in [4.78, 5) is 39.6. The first-order valence-corrected chi connectivity index (χ1v) is 28.2. The maximum Gasteiger partial charge on any atom is 0.306 e. The molecule has 0 aromatic heterocycles. The molecule has 0 heterocycles. The van der Waals surface area contributed by atoms with Crippen molar-refractivity contribution in [3.05, 3.63) is 72.9 Å². The first kappa shape index (κ1) is 63.5. The monoisotopic (exact) mass is 945 g/mol. The maximum atomic E-state index is 13.4. The minimum atomic E-state index is -4.71. The van der Waals surface area contributed by atoms with Crippen molar-refractivity contribution in [2.24, 2.45) is 0 Å². The van der Waals surface area contributed by atoms with E-state index in [1.54, 1.807) is 6.08 Å². The van der Waals surface area contributed by atoms with Crippen molar-refractivity contribution in [3.63, 3.8) is 0 Å². The summed E-state index contributed by atoms with van der Waals surface area (Å²) in [7, 11) is 1.14. The van der Waals surface area contributed by atoms with Gasteiger partial charge in [-0.15, -0.1) is 0 Å². The predicted octanol–water partition coefficient (Wildman–Crippen LogP) is 15.1. The number of carbonyl (C=O) groups is 2. The van der Waals surface area contributed by atoms with E-state index in [4.69, 9.17) is 13.8 Å². The van der Waals surface area contributed by atoms with Gasteiger partial charge in [-0.25, -0.2) is 0 Å². The van der Waals surface area contributed by atoms with Crippen LogP contribution in [0.15, 0.2) is 72.9 Å². The van der Waals surface area contributed by atoms with Crippen LogP contribution in [0.4, 0.5) is 0 Å². The van der Waals surface area contributed by atoms with Crippen molar-refractivity contribution in [3.8, 4) is 0 Å². The molecule has 0 spiro atoms. The molecule has 0 aliphatic heterocycles. The Morgan fingerprint density at radius 2 is 0.955 bits per heavy atom. The second-order valence-electron chi connectivity index (χ2n) is 19.0. The Bertz CT molecular complexity index is 1370. The van der Waals surface area contributed by atoms with E-state index in [0.29, 0.717) is 23.9 Å². The highest BCUT2D eigenvalue weighted by Crippen LogP contribution is 2.38. The summed E-state index contributed by atoms with van der Waals surface area (Å²) in [5.74, 6) is -0.623. The van der Waals surface area contributed by atoms with Gasteiger partial charge in [0.05, 0.1) is 33.8 Å². The largest absolute Gasteiger partial charge is 0.756 e. The number of allylic oxidation sites excluding steroid dienone is 11. The second kappa shape index (κ2) is 46.2. The molecule has 0 aliphatic rings. The Morgan fingerprint density at radius 3 is 1.50 bits per heavy atom. The smallest absolute Gasteiger partial charge is 0.306 e. The van der Waals surface area contributed by atoms with E-state index < -0.39 is 26.6 Å². The molecule has 0 fully saturated rings. The third-order valence-electron chi connectivity index (χ3n) is 11.4. The fraction of sp³-hybridized carbons (Fsp3) is 0.750. The van der Waals surface area contributed by atoms with Gasteiger partial charge in [0.1, 0.15) is 19.3 Å². The summed E-state index contributed by atoms with van der Waals surface area (Å²) >= 11 is 0. The zero-order valence-electron chi connectivity index (χ0n) is 43.4. The minimum absolute atomic E-state index is 0.0361. The van der Waals surface area contributed by atoms with Crippen molar-refractivity contribution in [2.75, 3.05) is 40.9 Å². The highest BCUT2D eigenvalue weighted by Gasteiger charge is 2.27. The zero-order valence-corrected chi connectivity index (χ0v) is 44.3.